The van der Waals surface area contributed by atoms with E-state index in [1.165, 1.54) is 11.3 Å². The second kappa shape index (κ2) is 5.54. The lowest BCUT2D eigenvalue weighted by molar-refractivity contribution is -0.117. The van der Waals surface area contributed by atoms with Crippen LogP contribution in [-0.2, 0) is 4.79 Å². The lowest BCUT2D eigenvalue weighted by atomic mass is 9.99. The molecule has 1 heterocycles. The van der Waals surface area contributed by atoms with E-state index in [9.17, 15) is 14.7 Å². The summed E-state index contributed by atoms with van der Waals surface area (Å²) < 4.78 is 0. The van der Waals surface area contributed by atoms with Crippen LogP contribution in [0.3, 0.4) is 0 Å². The molecule has 0 aliphatic heterocycles. The van der Waals surface area contributed by atoms with Crippen LogP contribution in [0.1, 0.15) is 43.3 Å². The minimum atomic E-state index is -0.696. The zero-order valence-electron chi connectivity index (χ0n) is 11.9. The molecule has 1 aromatic heterocycles. The zero-order chi connectivity index (χ0) is 14.9. The Morgan fingerprint density at radius 1 is 1.40 bits per heavy atom. The van der Waals surface area contributed by atoms with Crippen LogP contribution in [0.4, 0.5) is 5.00 Å². The van der Waals surface area contributed by atoms with E-state index >= 15 is 0 Å². The molecule has 0 aromatic carbocycles. The topological polar surface area (TPSA) is 78.4 Å². The predicted molar refractivity (Wildman–Crippen MR) is 78.9 cm³/mol. The van der Waals surface area contributed by atoms with Crippen molar-refractivity contribution >= 4 is 28.2 Å². The minimum Gasteiger partial charge on any atom is -0.391 e. The number of thiophene rings is 1. The first-order chi connectivity index (χ1) is 9.29. The van der Waals surface area contributed by atoms with Crippen LogP contribution in [0.2, 0.25) is 0 Å². The quantitative estimate of drug-likeness (QED) is 0.777. The van der Waals surface area contributed by atoms with Crippen LogP contribution in [0.25, 0.3) is 0 Å². The van der Waals surface area contributed by atoms with Gasteiger partial charge in [0, 0.05) is 5.92 Å². The van der Waals surface area contributed by atoms with Crippen LogP contribution in [-0.4, -0.2) is 28.6 Å². The molecule has 2 rings (SSSR count). The number of carbonyl (C=O) groups excluding carboxylic acids is 2. The Morgan fingerprint density at radius 2 is 2.05 bits per heavy atom. The number of hydrogen-bond donors (Lipinski definition) is 3. The first kappa shape index (κ1) is 15.0. The van der Waals surface area contributed by atoms with Crippen molar-refractivity contribution in [2.75, 3.05) is 5.32 Å². The zero-order valence-corrected chi connectivity index (χ0v) is 12.7. The Balaban J connectivity index is 1.97. The molecule has 1 fully saturated rings. The molecular formula is C14H20N2O3S. The standard InChI is InChI=1S/C14H20N2O3S/c1-8(17)14(2,3)16-13(19)10-6-7-11(20-10)15-12(18)9-4-5-9/h6-9,17H,4-5H2,1-3H3,(H,15,18)(H,16,19). The van der Waals surface area contributed by atoms with Gasteiger partial charge in [-0.15, -0.1) is 11.3 Å². The number of anilines is 1. The van der Waals surface area contributed by atoms with E-state index in [-0.39, 0.29) is 17.7 Å². The summed E-state index contributed by atoms with van der Waals surface area (Å²) in [5.74, 6) is -0.0699. The van der Waals surface area contributed by atoms with Crippen molar-refractivity contribution in [2.24, 2.45) is 5.92 Å². The predicted octanol–water partition coefficient (Wildman–Crippen LogP) is 1.99. The highest BCUT2D eigenvalue weighted by Gasteiger charge is 2.30. The molecule has 0 bridgehead atoms. The second-order valence-corrected chi connectivity index (χ2v) is 6.86. The molecule has 0 saturated heterocycles. The third kappa shape index (κ3) is 3.58. The fourth-order valence-electron chi connectivity index (χ4n) is 1.55. The summed E-state index contributed by atoms with van der Waals surface area (Å²) in [5, 5.41) is 15.9. The van der Waals surface area contributed by atoms with Crippen molar-refractivity contribution in [2.45, 2.75) is 45.3 Å². The van der Waals surface area contributed by atoms with E-state index in [0.717, 1.165) is 12.8 Å². The Hall–Kier alpha value is -1.40. The van der Waals surface area contributed by atoms with Gasteiger partial charge in [-0.2, -0.15) is 0 Å². The normalized spacial score (nSPS) is 16.6. The number of amides is 2. The molecule has 1 atom stereocenters. The molecule has 1 aliphatic carbocycles. The number of hydrogen-bond acceptors (Lipinski definition) is 4. The molecule has 0 spiro atoms. The molecular weight excluding hydrogens is 276 g/mol. The van der Waals surface area contributed by atoms with E-state index in [0.29, 0.717) is 9.88 Å². The van der Waals surface area contributed by atoms with Gasteiger partial charge in [-0.25, -0.2) is 0 Å². The largest absolute Gasteiger partial charge is 0.391 e. The van der Waals surface area contributed by atoms with Gasteiger partial charge in [-0.3, -0.25) is 9.59 Å². The van der Waals surface area contributed by atoms with Crippen molar-refractivity contribution in [1.82, 2.24) is 5.32 Å². The van der Waals surface area contributed by atoms with Gasteiger partial charge in [0.1, 0.15) is 0 Å². The van der Waals surface area contributed by atoms with E-state index in [4.69, 9.17) is 0 Å². The first-order valence-electron chi connectivity index (χ1n) is 6.71. The molecule has 5 nitrogen and oxygen atoms in total. The Kier molecular flexibility index (Phi) is 4.15. The van der Waals surface area contributed by atoms with E-state index in [2.05, 4.69) is 10.6 Å². The van der Waals surface area contributed by atoms with Crippen molar-refractivity contribution in [3.05, 3.63) is 17.0 Å². The summed E-state index contributed by atoms with van der Waals surface area (Å²) in [5.41, 5.74) is -0.696. The summed E-state index contributed by atoms with van der Waals surface area (Å²) >= 11 is 1.24. The number of rotatable bonds is 5. The fourth-order valence-corrected chi connectivity index (χ4v) is 2.36. The van der Waals surface area contributed by atoms with E-state index < -0.39 is 11.6 Å². The molecule has 20 heavy (non-hydrogen) atoms. The Bertz CT molecular complexity index is 518. The molecule has 1 saturated carbocycles. The third-order valence-electron chi connectivity index (χ3n) is 3.50. The minimum absolute atomic E-state index is 0.0307. The molecule has 1 aliphatic rings. The van der Waals surface area contributed by atoms with E-state index in [1.54, 1.807) is 32.9 Å². The SMILES string of the molecule is CC(O)C(C)(C)NC(=O)c1ccc(NC(=O)C2CC2)s1. The molecule has 1 aromatic rings. The molecule has 3 N–H and O–H groups in total. The monoisotopic (exact) mass is 296 g/mol. The third-order valence-corrected chi connectivity index (χ3v) is 4.50. The van der Waals surface area contributed by atoms with Crippen LogP contribution >= 0.6 is 11.3 Å². The van der Waals surface area contributed by atoms with Gasteiger partial charge in [-0.1, -0.05) is 0 Å². The Morgan fingerprint density at radius 3 is 2.60 bits per heavy atom. The summed E-state index contributed by atoms with van der Waals surface area (Å²) in [7, 11) is 0. The molecule has 6 heteroatoms. The van der Waals surface area contributed by atoms with Gasteiger partial charge in [0.05, 0.1) is 21.5 Å². The molecule has 0 radical (unpaired) electrons. The maximum atomic E-state index is 12.1. The van der Waals surface area contributed by atoms with Gasteiger partial charge in [0.2, 0.25) is 5.91 Å². The van der Waals surface area contributed by atoms with Crippen LogP contribution in [0, 0.1) is 5.92 Å². The summed E-state index contributed by atoms with van der Waals surface area (Å²) in [6.07, 6.45) is 1.25. The Labute approximate surface area is 122 Å². The first-order valence-corrected chi connectivity index (χ1v) is 7.52. The van der Waals surface area contributed by atoms with Crippen molar-refractivity contribution in [3.63, 3.8) is 0 Å². The van der Waals surface area contributed by atoms with Crippen molar-refractivity contribution < 1.29 is 14.7 Å². The molecule has 2 amide bonds. The average Bonchev–Trinajstić information content (AvgIpc) is 3.09. The van der Waals surface area contributed by atoms with Gasteiger partial charge in [0.25, 0.3) is 5.91 Å². The second-order valence-electron chi connectivity index (χ2n) is 5.78. The van der Waals surface area contributed by atoms with Crippen LogP contribution < -0.4 is 10.6 Å². The van der Waals surface area contributed by atoms with Gasteiger partial charge >= 0.3 is 0 Å². The highest BCUT2D eigenvalue weighted by Crippen LogP contribution is 2.31. The number of aliphatic hydroxyl groups is 1. The number of nitrogens with one attached hydrogen (secondary N) is 2. The maximum absolute atomic E-state index is 12.1. The summed E-state index contributed by atoms with van der Waals surface area (Å²) in [4.78, 5) is 24.2. The van der Waals surface area contributed by atoms with Crippen LogP contribution in [0.15, 0.2) is 12.1 Å². The van der Waals surface area contributed by atoms with Crippen molar-refractivity contribution in [3.8, 4) is 0 Å². The highest BCUT2D eigenvalue weighted by atomic mass is 32.1. The average molecular weight is 296 g/mol. The summed E-state index contributed by atoms with van der Waals surface area (Å²) in [6, 6.07) is 3.41. The van der Waals surface area contributed by atoms with Gasteiger partial charge in [0.15, 0.2) is 0 Å². The van der Waals surface area contributed by atoms with Gasteiger partial charge in [-0.05, 0) is 45.7 Å². The highest BCUT2D eigenvalue weighted by molar-refractivity contribution is 7.18. The molecule has 1 unspecified atom stereocenters. The maximum Gasteiger partial charge on any atom is 0.261 e. The van der Waals surface area contributed by atoms with Crippen molar-refractivity contribution in [1.29, 1.82) is 0 Å². The smallest absolute Gasteiger partial charge is 0.261 e. The van der Waals surface area contributed by atoms with E-state index in [1.807, 2.05) is 0 Å². The van der Waals surface area contributed by atoms with Gasteiger partial charge < -0.3 is 15.7 Å². The fraction of sp³-hybridized carbons (Fsp3) is 0.571. The summed E-state index contributed by atoms with van der Waals surface area (Å²) in [6.45, 7) is 5.16. The lowest BCUT2D eigenvalue weighted by Crippen LogP contribution is -2.50. The lowest BCUT2D eigenvalue weighted by Gasteiger charge is -2.29. The number of aliphatic hydroxyl groups excluding tert-OH is 1. The number of carbonyl (C=O) groups is 2. The van der Waals surface area contributed by atoms with Crippen LogP contribution in [0.5, 0.6) is 0 Å². The molecule has 110 valence electrons.